The van der Waals surface area contributed by atoms with Gasteiger partial charge in [-0.3, -0.25) is 5.32 Å². The lowest BCUT2D eigenvalue weighted by Gasteiger charge is -2.38. The van der Waals surface area contributed by atoms with Gasteiger partial charge in [-0.15, -0.1) is 0 Å². The Labute approximate surface area is 92.5 Å². The lowest BCUT2D eigenvalue weighted by atomic mass is 9.72. The van der Waals surface area contributed by atoms with Crippen LogP contribution in [0.3, 0.4) is 0 Å². The number of aliphatic hydroxyl groups excluding tert-OH is 1. The molecular formula is C12H22N2O. The maximum Gasteiger partial charge on any atom is 0.107 e. The van der Waals surface area contributed by atoms with Crippen LogP contribution in [0.1, 0.15) is 39.5 Å². The van der Waals surface area contributed by atoms with Crippen molar-refractivity contribution in [1.82, 2.24) is 5.32 Å². The smallest absolute Gasteiger partial charge is 0.107 e. The van der Waals surface area contributed by atoms with Crippen molar-refractivity contribution in [2.45, 2.75) is 45.1 Å². The van der Waals surface area contributed by atoms with Gasteiger partial charge in [0.05, 0.1) is 6.07 Å². The average molecular weight is 210 g/mol. The van der Waals surface area contributed by atoms with Crippen molar-refractivity contribution < 1.29 is 5.11 Å². The van der Waals surface area contributed by atoms with Crippen LogP contribution in [0.2, 0.25) is 0 Å². The molecule has 2 N–H and O–H groups in total. The van der Waals surface area contributed by atoms with Gasteiger partial charge in [-0.05, 0) is 44.1 Å². The zero-order valence-electron chi connectivity index (χ0n) is 9.79. The van der Waals surface area contributed by atoms with Crippen LogP contribution in [0.25, 0.3) is 0 Å². The van der Waals surface area contributed by atoms with Crippen molar-refractivity contribution in [3.63, 3.8) is 0 Å². The third kappa shape index (κ3) is 3.19. The molecule has 0 aromatic heterocycles. The third-order valence-corrected chi connectivity index (χ3v) is 3.68. The summed E-state index contributed by atoms with van der Waals surface area (Å²) in [6.45, 7) is 5.43. The lowest BCUT2D eigenvalue weighted by Crippen LogP contribution is -2.49. The highest BCUT2D eigenvalue weighted by atomic mass is 16.3. The normalized spacial score (nSPS) is 36.1. The van der Waals surface area contributed by atoms with Crippen LogP contribution in [-0.2, 0) is 0 Å². The molecule has 3 heteroatoms. The van der Waals surface area contributed by atoms with Crippen LogP contribution in [0.5, 0.6) is 0 Å². The van der Waals surface area contributed by atoms with Crippen LogP contribution in [0, 0.1) is 23.2 Å². The molecule has 1 aliphatic carbocycles. The third-order valence-electron chi connectivity index (χ3n) is 3.68. The first-order valence-electron chi connectivity index (χ1n) is 5.91. The fraction of sp³-hybridized carbons (Fsp3) is 0.917. The summed E-state index contributed by atoms with van der Waals surface area (Å²) in [4.78, 5) is 0. The first-order chi connectivity index (χ1) is 7.13. The first kappa shape index (κ1) is 12.5. The molecule has 0 aliphatic heterocycles. The maximum atomic E-state index is 9.27. The van der Waals surface area contributed by atoms with Crippen LogP contribution in [-0.4, -0.2) is 23.8 Å². The Morgan fingerprint density at radius 3 is 2.73 bits per heavy atom. The van der Waals surface area contributed by atoms with Crippen molar-refractivity contribution in [1.29, 1.82) is 5.26 Å². The number of nitriles is 1. The van der Waals surface area contributed by atoms with Gasteiger partial charge in [-0.25, -0.2) is 0 Å². The molecule has 1 fully saturated rings. The fourth-order valence-electron chi connectivity index (χ4n) is 2.32. The van der Waals surface area contributed by atoms with Crippen LogP contribution >= 0.6 is 0 Å². The Kier molecular flexibility index (Phi) is 4.56. The molecule has 3 nitrogen and oxygen atoms in total. The van der Waals surface area contributed by atoms with E-state index in [2.05, 4.69) is 25.2 Å². The molecule has 0 radical (unpaired) electrons. The molecule has 0 aromatic carbocycles. The van der Waals surface area contributed by atoms with E-state index in [9.17, 15) is 5.26 Å². The molecular weight excluding hydrogens is 188 g/mol. The van der Waals surface area contributed by atoms with Crippen LogP contribution in [0.15, 0.2) is 0 Å². The van der Waals surface area contributed by atoms with E-state index in [1.807, 2.05) is 0 Å². The molecule has 86 valence electrons. The average Bonchev–Trinajstić information content (AvgIpc) is 2.24. The fourth-order valence-corrected chi connectivity index (χ4v) is 2.32. The predicted molar refractivity (Wildman–Crippen MR) is 60.2 cm³/mol. The van der Waals surface area contributed by atoms with E-state index in [1.54, 1.807) is 0 Å². The molecule has 1 saturated carbocycles. The second kappa shape index (κ2) is 5.48. The van der Waals surface area contributed by atoms with Gasteiger partial charge in [-0.2, -0.15) is 5.26 Å². The van der Waals surface area contributed by atoms with Crippen LogP contribution in [0.4, 0.5) is 0 Å². The van der Waals surface area contributed by atoms with Gasteiger partial charge >= 0.3 is 0 Å². The highest BCUT2D eigenvalue weighted by molar-refractivity contribution is 5.10. The number of rotatable bonds is 4. The standard InChI is InChI=1S/C12H22N2O/c1-10-4-5-12(9-13,8-11(10)2)14-6-3-7-15/h10-11,14-15H,3-8H2,1-2H3. The Hall–Kier alpha value is -0.590. The van der Waals surface area contributed by atoms with Crippen molar-refractivity contribution in [3.8, 4) is 6.07 Å². The lowest BCUT2D eigenvalue weighted by molar-refractivity contribution is 0.178. The predicted octanol–water partition coefficient (Wildman–Crippen LogP) is 1.68. The van der Waals surface area contributed by atoms with Gasteiger partial charge < -0.3 is 5.11 Å². The van der Waals surface area contributed by atoms with Gasteiger partial charge in [0, 0.05) is 6.61 Å². The number of nitrogens with one attached hydrogen (secondary N) is 1. The minimum Gasteiger partial charge on any atom is -0.396 e. The van der Waals surface area contributed by atoms with Crippen molar-refractivity contribution in [2.24, 2.45) is 11.8 Å². The minimum absolute atomic E-state index is 0.195. The SMILES string of the molecule is CC1CCC(C#N)(NCCCO)CC1C. The van der Waals surface area contributed by atoms with E-state index in [-0.39, 0.29) is 12.1 Å². The zero-order chi connectivity index (χ0) is 11.3. The van der Waals surface area contributed by atoms with E-state index >= 15 is 0 Å². The molecule has 15 heavy (non-hydrogen) atoms. The van der Waals surface area contributed by atoms with E-state index in [4.69, 9.17) is 5.11 Å². The van der Waals surface area contributed by atoms with E-state index in [1.165, 1.54) is 0 Å². The highest BCUT2D eigenvalue weighted by Gasteiger charge is 2.37. The van der Waals surface area contributed by atoms with Gasteiger partial charge in [0.15, 0.2) is 0 Å². The van der Waals surface area contributed by atoms with Gasteiger partial charge in [0.1, 0.15) is 5.54 Å². The molecule has 1 aliphatic rings. The summed E-state index contributed by atoms with van der Waals surface area (Å²) in [6, 6.07) is 2.43. The van der Waals surface area contributed by atoms with Gasteiger partial charge in [0.25, 0.3) is 0 Å². The second-order valence-electron chi connectivity index (χ2n) is 4.90. The molecule has 3 unspecified atom stereocenters. The Balaban J connectivity index is 2.50. The van der Waals surface area contributed by atoms with Crippen LogP contribution < -0.4 is 5.32 Å². The topological polar surface area (TPSA) is 56.0 Å². The summed E-state index contributed by atoms with van der Waals surface area (Å²) >= 11 is 0. The van der Waals surface area contributed by atoms with Crippen molar-refractivity contribution in [2.75, 3.05) is 13.2 Å². The van der Waals surface area contributed by atoms with E-state index < -0.39 is 0 Å². The number of aliphatic hydroxyl groups is 1. The highest BCUT2D eigenvalue weighted by Crippen LogP contribution is 2.35. The molecule has 0 spiro atoms. The summed E-state index contributed by atoms with van der Waals surface area (Å²) < 4.78 is 0. The molecule has 0 saturated heterocycles. The minimum atomic E-state index is -0.332. The summed E-state index contributed by atoms with van der Waals surface area (Å²) in [5.74, 6) is 1.34. The quantitative estimate of drug-likeness (QED) is 0.694. The largest absolute Gasteiger partial charge is 0.396 e. The zero-order valence-corrected chi connectivity index (χ0v) is 9.79. The summed E-state index contributed by atoms with van der Waals surface area (Å²) in [6.07, 6.45) is 3.74. The molecule has 0 amide bonds. The maximum absolute atomic E-state index is 9.27. The first-order valence-corrected chi connectivity index (χ1v) is 5.91. The number of hydrogen-bond acceptors (Lipinski definition) is 3. The van der Waals surface area contributed by atoms with Crippen molar-refractivity contribution in [3.05, 3.63) is 0 Å². The Bertz CT molecular complexity index is 236. The molecule has 1 rings (SSSR count). The van der Waals surface area contributed by atoms with E-state index in [0.717, 1.165) is 38.1 Å². The van der Waals surface area contributed by atoms with E-state index in [0.29, 0.717) is 5.92 Å². The molecule has 3 atom stereocenters. The second-order valence-corrected chi connectivity index (χ2v) is 4.90. The summed E-state index contributed by atoms with van der Waals surface area (Å²) in [7, 11) is 0. The number of hydrogen-bond donors (Lipinski definition) is 2. The summed E-state index contributed by atoms with van der Waals surface area (Å²) in [5.41, 5.74) is -0.332. The Morgan fingerprint density at radius 2 is 2.20 bits per heavy atom. The molecule has 0 bridgehead atoms. The molecule has 0 aromatic rings. The number of nitrogens with zero attached hydrogens (tertiary/aromatic N) is 1. The van der Waals surface area contributed by atoms with Crippen molar-refractivity contribution >= 4 is 0 Å². The summed E-state index contributed by atoms with van der Waals surface area (Å²) in [5, 5.41) is 21.3. The van der Waals surface area contributed by atoms with Gasteiger partial charge in [-0.1, -0.05) is 13.8 Å². The molecule has 0 heterocycles. The van der Waals surface area contributed by atoms with Gasteiger partial charge in [0.2, 0.25) is 0 Å². The monoisotopic (exact) mass is 210 g/mol. The Morgan fingerprint density at radius 1 is 1.47 bits per heavy atom.